The van der Waals surface area contributed by atoms with Gasteiger partial charge in [-0.1, -0.05) is 13.3 Å². The van der Waals surface area contributed by atoms with Crippen LogP contribution in [0.5, 0.6) is 0 Å². The molecule has 0 aromatic carbocycles. The predicted molar refractivity (Wildman–Crippen MR) is 75.3 cm³/mol. The maximum absolute atomic E-state index is 6.19. The molecule has 3 heteroatoms. The fourth-order valence-electron chi connectivity index (χ4n) is 2.93. The first-order valence-corrected chi connectivity index (χ1v) is 7.68. The van der Waals surface area contributed by atoms with Crippen LogP contribution in [0.3, 0.4) is 0 Å². The Kier molecular flexibility index (Phi) is 4.60. The largest absolute Gasteiger partial charge is 0.326 e. The minimum atomic E-state index is 0.211. The summed E-state index contributed by atoms with van der Waals surface area (Å²) in [6.07, 6.45) is 4.00. The second-order valence-electron chi connectivity index (χ2n) is 5.25. The van der Waals surface area contributed by atoms with Crippen molar-refractivity contribution in [3.8, 4) is 0 Å². The second-order valence-corrected chi connectivity index (χ2v) is 6.03. The van der Waals surface area contributed by atoms with E-state index in [4.69, 9.17) is 5.73 Å². The van der Waals surface area contributed by atoms with Gasteiger partial charge >= 0.3 is 0 Å². The van der Waals surface area contributed by atoms with E-state index >= 15 is 0 Å². The highest BCUT2D eigenvalue weighted by Gasteiger charge is 2.27. The first kappa shape index (κ1) is 13.1. The summed E-state index contributed by atoms with van der Waals surface area (Å²) in [7, 11) is 0. The van der Waals surface area contributed by atoms with Crippen molar-refractivity contribution in [3.63, 3.8) is 0 Å². The van der Waals surface area contributed by atoms with Gasteiger partial charge in [0.2, 0.25) is 0 Å². The summed E-state index contributed by atoms with van der Waals surface area (Å²) in [4.78, 5) is 2.58. The number of hydrogen-bond donors (Lipinski definition) is 1. The lowest BCUT2D eigenvalue weighted by Gasteiger charge is -2.39. The van der Waals surface area contributed by atoms with Crippen molar-refractivity contribution in [1.29, 1.82) is 0 Å². The van der Waals surface area contributed by atoms with Crippen molar-refractivity contribution in [2.45, 2.75) is 45.2 Å². The van der Waals surface area contributed by atoms with Crippen LogP contribution in [0.25, 0.3) is 0 Å². The summed E-state index contributed by atoms with van der Waals surface area (Å²) in [6.45, 7) is 6.86. The number of likely N-dealkylation sites (tertiary alicyclic amines) is 1. The topological polar surface area (TPSA) is 29.3 Å². The van der Waals surface area contributed by atoms with Gasteiger partial charge in [0.15, 0.2) is 0 Å². The van der Waals surface area contributed by atoms with Crippen molar-refractivity contribution < 1.29 is 0 Å². The monoisotopic (exact) mass is 252 g/mol. The van der Waals surface area contributed by atoms with Crippen LogP contribution in [-0.4, -0.2) is 24.0 Å². The maximum atomic E-state index is 6.19. The van der Waals surface area contributed by atoms with Gasteiger partial charge in [-0.3, -0.25) is 4.90 Å². The van der Waals surface area contributed by atoms with Gasteiger partial charge in [-0.2, -0.15) is 11.3 Å². The van der Waals surface area contributed by atoms with E-state index in [1.165, 1.54) is 37.9 Å². The van der Waals surface area contributed by atoms with E-state index in [0.717, 1.165) is 5.92 Å². The molecule has 2 N–H and O–H groups in total. The van der Waals surface area contributed by atoms with Crippen LogP contribution in [0.1, 0.15) is 44.7 Å². The highest BCUT2D eigenvalue weighted by Crippen LogP contribution is 2.30. The molecule has 1 aliphatic rings. The lowest BCUT2D eigenvalue weighted by atomic mass is 9.91. The van der Waals surface area contributed by atoms with Gasteiger partial charge in [-0.05, 0) is 61.2 Å². The van der Waals surface area contributed by atoms with E-state index < -0.39 is 0 Å². The Balaban J connectivity index is 2.03. The van der Waals surface area contributed by atoms with Gasteiger partial charge in [-0.15, -0.1) is 0 Å². The third-order valence-corrected chi connectivity index (χ3v) is 4.70. The maximum Gasteiger partial charge on any atom is 0.0504 e. The van der Waals surface area contributed by atoms with Gasteiger partial charge < -0.3 is 5.73 Å². The Hall–Kier alpha value is -0.380. The molecule has 0 bridgehead atoms. The van der Waals surface area contributed by atoms with Crippen molar-refractivity contribution in [2.24, 2.45) is 11.7 Å². The molecule has 17 heavy (non-hydrogen) atoms. The fourth-order valence-corrected chi connectivity index (χ4v) is 3.62. The number of piperidine rings is 1. The summed E-state index contributed by atoms with van der Waals surface area (Å²) in [6, 6.07) is 2.85. The summed E-state index contributed by atoms with van der Waals surface area (Å²) < 4.78 is 0. The quantitative estimate of drug-likeness (QED) is 0.891. The Morgan fingerprint density at radius 2 is 2.18 bits per heavy atom. The number of hydrogen-bond acceptors (Lipinski definition) is 3. The van der Waals surface area contributed by atoms with Crippen LogP contribution in [-0.2, 0) is 0 Å². The molecule has 0 amide bonds. The number of nitrogens with two attached hydrogens (primary N) is 1. The van der Waals surface area contributed by atoms with Crippen molar-refractivity contribution in [1.82, 2.24) is 4.90 Å². The summed E-state index contributed by atoms with van der Waals surface area (Å²) >= 11 is 1.77. The molecule has 1 saturated heterocycles. The molecule has 1 fully saturated rings. The molecule has 2 unspecified atom stereocenters. The van der Waals surface area contributed by atoms with Crippen molar-refractivity contribution >= 4 is 11.3 Å². The lowest BCUT2D eigenvalue weighted by molar-refractivity contribution is 0.118. The molecule has 1 aromatic heterocycles. The average molecular weight is 252 g/mol. The van der Waals surface area contributed by atoms with Crippen molar-refractivity contribution in [2.75, 3.05) is 13.1 Å². The van der Waals surface area contributed by atoms with Gasteiger partial charge in [0, 0.05) is 6.04 Å². The van der Waals surface area contributed by atoms with E-state index in [1.54, 1.807) is 11.3 Å². The summed E-state index contributed by atoms with van der Waals surface area (Å²) in [5.74, 6) is 0.933. The molecule has 2 heterocycles. The van der Waals surface area contributed by atoms with Crippen molar-refractivity contribution in [3.05, 3.63) is 22.4 Å². The van der Waals surface area contributed by atoms with Crippen LogP contribution >= 0.6 is 11.3 Å². The molecular weight excluding hydrogens is 228 g/mol. The molecule has 0 saturated carbocycles. The van der Waals surface area contributed by atoms with Crippen LogP contribution < -0.4 is 5.73 Å². The number of thiophene rings is 1. The van der Waals surface area contributed by atoms with E-state index in [1.807, 2.05) is 0 Å². The van der Waals surface area contributed by atoms with Crippen LogP contribution in [0, 0.1) is 5.92 Å². The third-order valence-electron chi connectivity index (χ3n) is 4.00. The summed E-state index contributed by atoms with van der Waals surface area (Å²) in [5.41, 5.74) is 7.59. The molecule has 96 valence electrons. The average Bonchev–Trinajstić information content (AvgIpc) is 2.83. The fraction of sp³-hybridized carbons (Fsp3) is 0.714. The normalized spacial score (nSPS) is 22.5. The summed E-state index contributed by atoms with van der Waals surface area (Å²) in [5, 5.41) is 4.41. The Morgan fingerprint density at radius 1 is 1.47 bits per heavy atom. The lowest BCUT2D eigenvalue weighted by Crippen LogP contribution is -2.43. The molecule has 1 aromatic rings. The molecular formula is C14H24N2S. The van der Waals surface area contributed by atoms with E-state index in [-0.39, 0.29) is 6.04 Å². The Morgan fingerprint density at radius 3 is 2.65 bits per heavy atom. The van der Waals surface area contributed by atoms with Gasteiger partial charge in [-0.25, -0.2) is 0 Å². The molecule has 0 aliphatic carbocycles. The minimum absolute atomic E-state index is 0.211. The first-order valence-electron chi connectivity index (χ1n) is 6.74. The minimum Gasteiger partial charge on any atom is -0.326 e. The molecule has 1 aliphatic heterocycles. The predicted octanol–water partition coefficient (Wildman–Crippen LogP) is 3.26. The van der Waals surface area contributed by atoms with Crippen LogP contribution in [0.15, 0.2) is 16.8 Å². The molecule has 0 radical (unpaired) electrons. The van der Waals surface area contributed by atoms with Crippen LogP contribution in [0.2, 0.25) is 0 Å². The smallest absolute Gasteiger partial charge is 0.0504 e. The highest BCUT2D eigenvalue weighted by atomic mass is 32.1. The van der Waals surface area contributed by atoms with E-state index in [0.29, 0.717) is 6.04 Å². The number of rotatable bonds is 4. The zero-order valence-electron chi connectivity index (χ0n) is 10.9. The zero-order chi connectivity index (χ0) is 12.3. The van der Waals surface area contributed by atoms with Crippen LogP contribution in [0.4, 0.5) is 0 Å². The standard InChI is InChI=1S/C14H24N2S/c1-3-12-4-7-16(8-5-12)14(11(2)15)13-6-9-17-10-13/h6,9-12,14H,3-5,7-8,15H2,1-2H3. The molecule has 2 nitrogen and oxygen atoms in total. The molecule has 0 spiro atoms. The second kappa shape index (κ2) is 5.98. The first-order chi connectivity index (χ1) is 8.22. The molecule has 2 rings (SSSR count). The third kappa shape index (κ3) is 3.09. The van der Waals surface area contributed by atoms with E-state index in [9.17, 15) is 0 Å². The van der Waals surface area contributed by atoms with E-state index in [2.05, 4.69) is 35.6 Å². The number of nitrogens with zero attached hydrogens (tertiary/aromatic N) is 1. The van der Waals surface area contributed by atoms with Gasteiger partial charge in [0.1, 0.15) is 0 Å². The van der Waals surface area contributed by atoms with Gasteiger partial charge in [0.25, 0.3) is 0 Å². The zero-order valence-corrected chi connectivity index (χ0v) is 11.7. The van der Waals surface area contributed by atoms with Gasteiger partial charge in [0.05, 0.1) is 6.04 Å². The molecule has 2 atom stereocenters. The SMILES string of the molecule is CCC1CCN(C(c2ccsc2)C(C)N)CC1. The Bertz CT molecular complexity index is 313. The highest BCUT2D eigenvalue weighted by molar-refractivity contribution is 7.07. The Labute approximate surface area is 109 Å².